The monoisotopic (exact) mass is 119 g/mol. The third-order valence-electron chi connectivity index (χ3n) is 0.528. The van der Waals surface area contributed by atoms with Crippen molar-refractivity contribution in [3.8, 4) is 0 Å². The Kier molecular flexibility index (Phi) is 3.14. The number of aliphatic hydroxyl groups is 1. The number of carbonyl (C=O) groups is 1. The van der Waals surface area contributed by atoms with Gasteiger partial charge >= 0.3 is 5.97 Å². The summed E-state index contributed by atoms with van der Waals surface area (Å²) >= 11 is 0. The van der Waals surface area contributed by atoms with Crippen molar-refractivity contribution in [3.05, 3.63) is 0 Å². The van der Waals surface area contributed by atoms with Gasteiger partial charge in [-0.2, -0.15) is 0 Å². The Morgan fingerprint density at radius 1 is 2.00 bits per heavy atom. The highest BCUT2D eigenvalue weighted by Crippen LogP contribution is 1.77. The minimum absolute atomic E-state index is 0.243. The Morgan fingerprint density at radius 3 is 2.62 bits per heavy atom. The molecule has 0 saturated heterocycles. The predicted molar refractivity (Wildman–Crippen MR) is 26.8 cm³/mol. The Morgan fingerprint density at radius 2 is 2.50 bits per heavy atom. The number of ether oxygens (including phenoxy) is 1. The molecule has 0 aromatic carbocycles. The minimum atomic E-state index is -1.49. The van der Waals surface area contributed by atoms with Crippen molar-refractivity contribution in [2.45, 2.75) is 13.2 Å². The quantitative estimate of drug-likeness (QED) is 0.355. The molecule has 0 amide bonds. The first kappa shape index (κ1) is 7.39. The molecule has 3 N–H and O–H groups in total. The van der Waals surface area contributed by atoms with Crippen LogP contribution in [0.15, 0.2) is 0 Å². The van der Waals surface area contributed by atoms with Crippen LogP contribution in [0, 0.1) is 0 Å². The Hall–Kier alpha value is -0.610. The normalized spacial score (nSPS) is 12.9. The SMILES string of the molecule is CCOC(=O)C(N)O. The van der Waals surface area contributed by atoms with Crippen LogP contribution in [-0.4, -0.2) is 23.9 Å². The van der Waals surface area contributed by atoms with Crippen molar-refractivity contribution in [2.24, 2.45) is 5.73 Å². The largest absolute Gasteiger partial charge is 0.463 e. The lowest BCUT2D eigenvalue weighted by molar-refractivity contribution is -0.152. The topological polar surface area (TPSA) is 72.5 Å². The number of hydrogen-bond donors (Lipinski definition) is 2. The Balaban J connectivity index is 3.33. The van der Waals surface area contributed by atoms with E-state index < -0.39 is 12.2 Å². The second-order valence-corrected chi connectivity index (χ2v) is 1.20. The van der Waals surface area contributed by atoms with Gasteiger partial charge in [0.2, 0.25) is 6.23 Å². The molecule has 0 aliphatic carbocycles. The second-order valence-electron chi connectivity index (χ2n) is 1.20. The molecule has 1 unspecified atom stereocenters. The van der Waals surface area contributed by atoms with Crippen LogP contribution < -0.4 is 5.73 Å². The number of esters is 1. The third-order valence-corrected chi connectivity index (χ3v) is 0.528. The molecule has 0 aromatic rings. The van der Waals surface area contributed by atoms with E-state index in [1.54, 1.807) is 6.92 Å². The number of carbonyl (C=O) groups excluding carboxylic acids is 1. The van der Waals surface area contributed by atoms with Gasteiger partial charge in [0.25, 0.3) is 0 Å². The van der Waals surface area contributed by atoms with Gasteiger partial charge in [-0.15, -0.1) is 0 Å². The maximum absolute atomic E-state index is 10.1. The number of rotatable bonds is 2. The molecule has 0 bridgehead atoms. The number of aliphatic hydroxyl groups excluding tert-OH is 1. The molecule has 0 saturated carbocycles. The molecule has 1 atom stereocenters. The van der Waals surface area contributed by atoms with Crippen molar-refractivity contribution in [3.63, 3.8) is 0 Å². The van der Waals surface area contributed by atoms with Crippen LogP contribution >= 0.6 is 0 Å². The van der Waals surface area contributed by atoms with Gasteiger partial charge in [-0.25, -0.2) is 4.79 Å². The molecule has 8 heavy (non-hydrogen) atoms. The molecule has 0 rings (SSSR count). The summed E-state index contributed by atoms with van der Waals surface area (Å²) in [6.07, 6.45) is -1.49. The van der Waals surface area contributed by atoms with Crippen LogP contribution in [0.2, 0.25) is 0 Å². The average Bonchev–Trinajstić information content (AvgIpc) is 1.67. The van der Waals surface area contributed by atoms with Crippen LogP contribution in [0.1, 0.15) is 6.92 Å². The first-order valence-electron chi connectivity index (χ1n) is 2.28. The number of nitrogens with two attached hydrogens (primary N) is 1. The highest BCUT2D eigenvalue weighted by molar-refractivity contribution is 5.73. The maximum Gasteiger partial charge on any atom is 0.350 e. The highest BCUT2D eigenvalue weighted by atomic mass is 16.5. The summed E-state index contributed by atoms with van der Waals surface area (Å²) in [4.78, 5) is 10.1. The fourth-order valence-electron chi connectivity index (χ4n) is 0.228. The van der Waals surface area contributed by atoms with E-state index in [0.29, 0.717) is 0 Å². The molecule has 0 aromatic heterocycles. The molecule has 4 heteroatoms. The molecular weight excluding hydrogens is 110 g/mol. The van der Waals surface area contributed by atoms with E-state index in [4.69, 9.17) is 10.8 Å². The van der Waals surface area contributed by atoms with E-state index in [2.05, 4.69) is 4.74 Å². The summed E-state index contributed by atoms with van der Waals surface area (Å²) in [6, 6.07) is 0. The van der Waals surface area contributed by atoms with E-state index in [0.717, 1.165) is 0 Å². The molecule has 0 spiro atoms. The van der Waals surface area contributed by atoms with Crippen molar-refractivity contribution in [1.29, 1.82) is 0 Å². The van der Waals surface area contributed by atoms with Crippen LogP contribution in [-0.2, 0) is 9.53 Å². The summed E-state index contributed by atoms with van der Waals surface area (Å²) in [5.74, 6) is -0.785. The zero-order valence-corrected chi connectivity index (χ0v) is 4.63. The smallest absolute Gasteiger partial charge is 0.350 e. The van der Waals surface area contributed by atoms with Crippen molar-refractivity contribution < 1.29 is 14.6 Å². The molecule has 0 aliphatic heterocycles. The number of hydrogen-bond acceptors (Lipinski definition) is 4. The highest BCUT2D eigenvalue weighted by Gasteiger charge is 2.07. The zero-order chi connectivity index (χ0) is 6.57. The first-order valence-corrected chi connectivity index (χ1v) is 2.28. The fourth-order valence-corrected chi connectivity index (χ4v) is 0.228. The van der Waals surface area contributed by atoms with Crippen molar-refractivity contribution in [2.75, 3.05) is 6.61 Å². The Labute approximate surface area is 47.2 Å². The zero-order valence-electron chi connectivity index (χ0n) is 4.63. The van der Waals surface area contributed by atoms with E-state index in [9.17, 15) is 4.79 Å². The van der Waals surface area contributed by atoms with Gasteiger partial charge in [0, 0.05) is 0 Å². The average molecular weight is 119 g/mol. The summed E-state index contributed by atoms with van der Waals surface area (Å²) in [7, 11) is 0. The van der Waals surface area contributed by atoms with Crippen LogP contribution in [0.3, 0.4) is 0 Å². The van der Waals surface area contributed by atoms with E-state index in [1.807, 2.05) is 0 Å². The minimum Gasteiger partial charge on any atom is -0.463 e. The maximum atomic E-state index is 10.1. The summed E-state index contributed by atoms with van der Waals surface area (Å²) in [6.45, 7) is 1.88. The molecule has 0 radical (unpaired) electrons. The van der Waals surface area contributed by atoms with Gasteiger partial charge in [0.1, 0.15) is 0 Å². The van der Waals surface area contributed by atoms with Crippen LogP contribution in [0.25, 0.3) is 0 Å². The lowest BCUT2D eigenvalue weighted by Gasteiger charge is -2.01. The fraction of sp³-hybridized carbons (Fsp3) is 0.750. The first-order chi connectivity index (χ1) is 3.68. The van der Waals surface area contributed by atoms with Gasteiger partial charge in [0.15, 0.2) is 0 Å². The van der Waals surface area contributed by atoms with Crippen molar-refractivity contribution in [1.82, 2.24) is 0 Å². The van der Waals surface area contributed by atoms with Crippen molar-refractivity contribution >= 4 is 5.97 Å². The van der Waals surface area contributed by atoms with Crippen LogP contribution in [0.5, 0.6) is 0 Å². The van der Waals surface area contributed by atoms with E-state index in [-0.39, 0.29) is 6.61 Å². The summed E-state index contributed by atoms with van der Waals surface area (Å²) < 4.78 is 4.29. The van der Waals surface area contributed by atoms with E-state index in [1.165, 1.54) is 0 Å². The van der Waals surface area contributed by atoms with Gasteiger partial charge in [-0.05, 0) is 6.92 Å². The molecule has 4 nitrogen and oxygen atoms in total. The second kappa shape index (κ2) is 3.40. The standard InChI is InChI=1S/C4H9NO3/c1-2-8-4(7)3(5)6/h3,6H,2,5H2,1H3. The molecular formula is C4H9NO3. The summed E-state index contributed by atoms with van der Waals surface area (Å²) in [5, 5.41) is 8.26. The van der Waals surface area contributed by atoms with Gasteiger partial charge in [-0.3, -0.25) is 5.73 Å². The third kappa shape index (κ3) is 2.54. The molecule has 0 aliphatic rings. The Bertz CT molecular complexity index is 81.4. The van der Waals surface area contributed by atoms with Gasteiger partial charge in [0.05, 0.1) is 6.61 Å². The lowest BCUT2D eigenvalue weighted by Crippen LogP contribution is -2.31. The lowest BCUT2D eigenvalue weighted by atomic mass is 10.6. The van der Waals surface area contributed by atoms with Crippen LogP contribution in [0.4, 0.5) is 0 Å². The molecule has 0 fully saturated rings. The van der Waals surface area contributed by atoms with E-state index >= 15 is 0 Å². The summed E-state index contributed by atoms with van der Waals surface area (Å²) in [5.41, 5.74) is 4.70. The van der Waals surface area contributed by atoms with Gasteiger partial charge < -0.3 is 9.84 Å². The molecule has 0 heterocycles. The van der Waals surface area contributed by atoms with Gasteiger partial charge in [-0.1, -0.05) is 0 Å². The predicted octanol–water partition coefficient (Wildman–Crippen LogP) is -1.17. The molecule has 48 valence electrons.